The minimum absolute atomic E-state index is 0.816. The second-order valence-electron chi connectivity index (χ2n) is 3.24. The lowest BCUT2D eigenvalue weighted by molar-refractivity contribution is 1.62. The molecule has 0 aromatic heterocycles. The zero-order chi connectivity index (χ0) is 11.6. The van der Waals surface area contributed by atoms with Crippen LogP contribution < -0.4 is 0 Å². The topological polar surface area (TPSA) is 0 Å². The first-order valence-electron chi connectivity index (χ1n) is 5.05. The zero-order valence-electron chi connectivity index (χ0n) is 9.42. The molecule has 1 rings (SSSR count). The van der Waals surface area contributed by atoms with Crippen LogP contribution in [0.2, 0.25) is 0 Å². The van der Waals surface area contributed by atoms with Gasteiger partial charge in [0, 0.05) is 5.56 Å². The first-order chi connectivity index (χ1) is 7.79. The van der Waals surface area contributed by atoms with Crippen LogP contribution in [-0.4, -0.2) is 11.5 Å². The molecule has 1 aromatic carbocycles. The molecule has 0 aliphatic carbocycles. The molecule has 0 nitrogen and oxygen atoms in total. The van der Waals surface area contributed by atoms with Gasteiger partial charge in [0.05, 0.1) is 11.5 Å². The van der Waals surface area contributed by atoms with Crippen LogP contribution in [0, 0.1) is 23.7 Å². The molecule has 1 heteroatoms. The van der Waals surface area contributed by atoms with E-state index in [0.717, 1.165) is 22.6 Å². The van der Waals surface area contributed by atoms with E-state index in [-0.39, 0.29) is 0 Å². The first-order valence-corrected chi connectivity index (χ1v) is 6.20. The van der Waals surface area contributed by atoms with Crippen molar-refractivity contribution in [3.8, 4) is 23.7 Å². The summed E-state index contributed by atoms with van der Waals surface area (Å²) in [7, 11) is 0. The highest BCUT2D eigenvalue weighted by molar-refractivity contribution is 7.99. The lowest BCUT2D eigenvalue weighted by Crippen LogP contribution is -1.77. The maximum absolute atomic E-state index is 3.72. The number of allylic oxidation sites excluding steroid dienone is 1. The van der Waals surface area contributed by atoms with Gasteiger partial charge in [0.15, 0.2) is 0 Å². The van der Waals surface area contributed by atoms with E-state index >= 15 is 0 Å². The quantitative estimate of drug-likeness (QED) is 0.550. The lowest BCUT2D eigenvalue weighted by Gasteiger charge is -1.87. The molecule has 0 heterocycles. The lowest BCUT2D eigenvalue weighted by atomic mass is 10.2. The molecule has 0 unspecified atom stereocenters. The predicted molar refractivity (Wildman–Crippen MR) is 73.2 cm³/mol. The SMILES string of the molecule is C=C(C)C#CCSCC#Cc1ccccc1. The fraction of sp³-hybridized carbons (Fsp3) is 0.200. The molecule has 0 aliphatic rings. The van der Waals surface area contributed by atoms with Gasteiger partial charge >= 0.3 is 0 Å². The fourth-order valence-corrected chi connectivity index (χ4v) is 1.45. The highest BCUT2D eigenvalue weighted by Gasteiger charge is 1.82. The number of hydrogen-bond acceptors (Lipinski definition) is 1. The Morgan fingerprint density at radius 2 is 1.88 bits per heavy atom. The molecular weight excluding hydrogens is 212 g/mol. The van der Waals surface area contributed by atoms with Crippen molar-refractivity contribution in [2.24, 2.45) is 0 Å². The van der Waals surface area contributed by atoms with Gasteiger partial charge < -0.3 is 0 Å². The van der Waals surface area contributed by atoms with Crippen LogP contribution in [0.1, 0.15) is 12.5 Å². The Hall–Kier alpha value is -1.57. The average Bonchev–Trinajstić information content (AvgIpc) is 2.29. The Morgan fingerprint density at radius 1 is 1.19 bits per heavy atom. The molecular formula is C15H14S. The van der Waals surface area contributed by atoms with Crippen molar-refractivity contribution in [1.82, 2.24) is 0 Å². The van der Waals surface area contributed by atoms with E-state index in [4.69, 9.17) is 0 Å². The summed E-state index contributed by atoms with van der Waals surface area (Å²) in [5, 5.41) is 0. The second kappa shape index (κ2) is 7.69. The van der Waals surface area contributed by atoms with E-state index in [1.54, 1.807) is 11.8 Å². The Bertz CT molecular complexity index is 449. The van der Waals surface area contributed by atoms with Crippen molar-refractivity contribution >= 4 is 11.8 Å². The summed E-state index contributed by atoms with van der Waals surface area (Å²) in [5.41, 5.74) is 1.98. The summed E-state index contributed by atoms with van der Waals surface area (Å²) in [6, 6.07) is 10.0. The molecule has 0 atom stereocenters. The number of benzene rings is 1. The van der Waals surface area contributed by atoms with Crippen LogP contribution in [0.25, 0.3) is 0 Å². The van der Waals surface area contributed by atoms with E-state index in [0.29, 0.717) is 0 Å². The van der Waals surface area contributed by atoms with Crippen LogP contribution in [0.5, 0.6) is 0 Å². The van der Waals surface area contributed by atoms with E-state index in [1.807, 2.05) is 37.3 Å². The Labute approximate surface area is 102 Å². The van der Waals surface area contributed by atoms with Gasteiger partial charge in [-0.2, -0.15) is 0 Å². The highest BCUT2D eigenvalue weighted by Crippen LogP contribution is 1.98. The third-order valence-corrected chi connectivity index (χ3v) is 2.35. The summed E-state index contributed by atoms with van der Waals surface area (Å²) in [4.78, 5) is 0. The Kier molecular flexibility index (Phi) is 6.00. The van der Waals surface area contributed by atoms with Crippen LogP contribution >= 0.6 is 11.8 Å². The fourth-order valence-electron chi connectivity index (χ4n) is 1.000. The number of hydrogen-bond donors (Lipinski definition) is 0. The van der Waals surface area contributed by atoms with Crippen molar-refractivity contribution in [2.75, 3.05) is 11.5 Å². The molecule has 16 heavy (non-hydrogen) atoms. The van der Waals surface area contributed by atoms with Crippen LogP contribution in [0.4, 0.5) is 0 Å². The summed E-state index contributed by atoms with van der Waals surface area (Å²) in [6.07, 6.45) is 0. The summed E-state index contributed by atoms with van der Waals surface area (Å²) >= 11 is 1.73. The summed E-state index contributed by atoms with van der Waals surface area (Å²) in [6.45, 7) is 5.63. The van der Waals surface area contributed by atoms with Gasteiger partial charge in [-0.15, -0.1) is 11.8 Å². The van der Waals surface area contributed by atoms with Gasteiger partial charge in [-0.3, -0.25) is 0 Å². The average molecular weight is 226 g/mol. The Morgan fingerprint density at radius 3 is 2.56 bits per heavy atom. The van der Waals surface area contributed by atoms with E-state index < -0.39 is 0 Å². The van der Waals surface area contributed by atoms with Crippen LogP contribution in [-0.2, 0) is 0 Å². The minimum atomic E-state index is 0.816. The van der Waals surface area contributed by atoms with Crippen molar-refractivity contribution in [3.63, 3.8) is 0 Å². The molecule has 0 radical (unpaired) electrons. The third-order valence-electron chi connectivity index (χ3n) is 1.66. The molecule has 0 amide bonds. The maximum Gasteiger partial charge on any atom is 0.0560 e. The highest BCUT2D eigenvalue weighted by atomic mass is 32.2. The third kappa shape index (κ3) is 6.02. The van der Waals surface area contributed by atoms with Crippen molar-refractivity contribution in [3.05, 3.63) is 48.0 Å². The molecule has 0 aliphatic heterocycles. The molecule has 0 N–H and O–H groups in total. The Balaban J connectivity index is 2.25. The minimum Gasteiger partial charge on any atom is -0.136 e. The molecule has 0 saturated carbocycles. The molecule has 80 valence electrons. The van der Waals surface area contributed by atoms with E-state index in [9.17, 15) is 0 Å². The van der Waals surface area contributed by atoms with Crippen molar-refractivity contribution in [1.29, 1.82) is 0 Å². The van der Waals surface area contributed by atoms with Crippen molar-refractivity contribution < 1.29 is 0 Å². The summed E-state index contributed by atoms with van der Waals surface area (Å²) < 4.78 is 0. The molecule has 0 spiro atoms. The van der Waals surface area contributed by atoms with Gasteiger partial charge in [-0.1, -0.05) is 48.5 Å². The van der Waals surface area contributed by atoms with E-state index in [1.165, 1.54) is 0 Å². The normalized spacial score (nSPS) is 8.31. The molecule has 0 bridgehead atoms. The van der Waals surface area contributed by atoms with Gasteiger partial charge in [-0.25, -0.2) is 0 Å². The molecule has 0 saturated heterocycles. The first kappa shape index (κ1) is 12.5. The van der Waals surface area contributed by atoms with Gasteiger partial charge in [0.25, 0.3) is 0 Å². The van der Waals surface area contributed by atoms with Gasteiger partial charge in [-0.05, 0) is 24.6 Å². The standard InChI is InChI=1S/C15H14S/c1-14(2)8-6-12-16-13-7-11-15-9-4-3-5-10-15/h3-5,9-10H,1,12-13H2,2H3. The predicted octanol–water partition coefficient (Wildman–Crippen LogP) is 3.35. The largest absolute Gasteiger partial charge is 0.136 e. The summed E-state index contributed by atoms with van der Waals surface area (Å²) in [5.74, 6) is 13.8. The van der Waals surface area contributed by atoms with Crippen LogP contribution in [0.3, 0.4) is 0 Å². The monoisotopic (exact) mass is 226 g/mol. The van der Waals surface area contributed by atoms with Gasteiger partial charge in [0.2, 0.25) is 0 Å². The van der Waals surface area contributed by atoms with Crippen LogP contribution in [0.15, 0.2) is 42.5 Å². The maximum atomic E-state index is 3.72. The van der Waals surface area contributed by atoms with Crippen molar-refractivity contribution in [2.45, 2.75) is 6.92 Å². The number of thioether (sulfide) groups is 1. The van der Waals surface area contributed by atoms with Gasteiger partial charge in [0.1, 0.15) is 0 Å². The second-order valence-corrected chi connectivity index (χ2v) is 4.23. The van der Waals surface area contributed by atoms with E-state index in [2.05, 4.69) is 30.3 Å². The molecule has 0 fully saturated rings. The zero-order valence-corrected chi connectivity index (χ0v) is 10.2. The number of rotatable bonds is 2. The molecule has 1 aromatic rings. The smallest absolute Gasteiger partial charge is 0.0560 e.